The van der Waals surface area contributed by atoms with Crippen molar-refractivity contribution in [2.45, 2.75) is 12.5 Å². The lowest BCUT2D eigenvalue weighted by molar-refractivity contribution is 0.183. The Morgan fingerprint density at radius 1 is 1.90 bits per heavy atom. The molecule has 0 aliphatic heterocycles. The van der Waals surface area contributed by atoms with Crippen LogP contribution in [0.25, 0.3) is 0 Å². The molecule has 1 rings (SSSR count). The van der Waals surface area contributed by atoms with E-state index in [0.29, 0.717) is 11.4 Å². The van der Waals surface area contributed by atoms with Crippen LogP contribution < -0.4 is 0 Å². The highest BCUT2D eigenvalue weighted by Crippen LogP contribution is 2.17. The topological polar surface area (TPSA) is 33.1 Å². The summed E-state index contributed by atoms with van der Waals surface area (Å²) in [6.07, 6.45) is 6.42. The standard InChI is InChI=1S/C7H7NOS/c1-2-3-6(9)7-8-4-5-10-7/h1,4-6,9H,3H2. The Morgan fingerprint density at radius 2 is 2.70 bits per heavy atom. The molecule has 0 spiro atoms. The summed E-state index contributed by atoms with van der Waals surface area (Å²) < 4.78 is 0. The number of thiazole rings is 1. The van der Waals surface area contributed by atoms with Crippen molar-refractivity contribution in [2.24, 2.45) is 0 Å². The first-order chi connectivity index (χ1) is 4.84. The van der Waals surface area contributed by atoms with Crippen molar-refractivity contribution in [2.75, 3.05) is 0 Å². The van der Waals surface area contributed by atoms with Crippen LogP contribution in [0.5, 0.6) is 0 Å². The second-order valence-electron chi connectivity index (χ2n) is 1.79. The Bertz CT molecular complexity index is 224. The SMILES string of the molecule is C#CCC(O)c1nccs1. The number of hydrogen-bond donors (Lipinski definition) is 1. The number of nitrogens with zero attached hydrogens (tertiary/aromatic N) is 1. The maximum atomic E-state index is 9.21. The van der Waals surface area contributed by atoms with Crippen LogP contribution in [0.15, 0.2) is 11.6 Å². The molecule has 0 aliphatic carbocycles. The third-order valence-electron chi connectivity index (χ3n) is 1.05. The van der Waals surface area contributed by atoms with Crippen LogP contribution in [0.1, 0.15) is 17.5 Å². The summed E-state index contributed by atoms with van der Waals surface area (Å²) in [5.41, 5.74) is 0. The van der Waals surface area contributed by atoms with E-state index < -0.39 is 6.10 Å². The minimum atomic E-state index is -0.579. The van der Waals surface area contributed by atoms with Crippen molar-refractivity contribution in [3.8, 4) is 12.3 Å². The monoisotopic (exact) mass is 153 g/mol. The quantitative estimate of drug-likeness (QED) is 0.647. The smallest absolute Gasteiger partial charge is 0.122 e. The molecule has 0 fully saturated rings. The number of hydrogen-bond acceptors (Lipinski definition) is 3. The van der Waals surface area contributed by atoms with Crippen molar-refractivity contribution in [3.05, 3.63) is 16.6 Å². The van der Waals surface area contributed by atoms with Crippen molar-refractivity contribution in [1.29, 1.82) is 0 Å². The molecule has 1 N–H and O–H groups in total. The third kappa shape index (κ3) is 1.56. The number of aliphatic hydroxyl groups is 1. The van der Waals surface area contributed by atoms with E-state index >= 15 is 0 Å². The zero-order valence-corrected chi connectivity index (χ0v) is 6.14. The first-order valence-electron chi connectivity index (χ1n) is 2.85. The molecule has 0 radical (unpaired) electrons. The Labute approximate surface area is 63.5 Å². The fraction of sp³-hybridized carbons (Fsp3) is 0.286. The molecule has 0 aliphatic rings. The largest absolute Gasteiger partial charge is 0.385 e. The number of terminal acetylenes is 1. The fourth-order valence-corrected chi connectivity index (χ4v) is 1.22. The van der Waals surface area contributed by atoms with Gasteiger partial charge in [-0.3, -0.25) is 0 Å². The Hall–Kier alpha value is -0.850. The Balaban J connectivity index is 2.61. The summed E-state index contributed by atoms with van der Waals surface area (Å²) in [5.74, 6) is 2.37. The van der Waals surface area contributed by atoms with Crippen LogP contribution in [0.2, 0.25) is 0 Å². The summed E-state index contributed by atoms with van der Waals surface area (Å²) in [6, 6.07) is 0. The lowest BCUT2D eigenvalue weighted by Crippen LogP contribution is -1.93. The molecule has 52 valence electrons. The van der Waals surface area contributed by atoms with Gasteiger partial charge in [-0.1, -0.05) is 0 Å². The van der Waals surface area contributed by atoms with Crippen LogP contribution in [0.4, 0.5) is 0 Å². The van der Waals surface area contributed by atoms with Crippen molar-refractivity contribution in [1.82, 2.24) is 4.98 Å². The van der Waals surface area contributed by atoms with E-state index in [1.54, 1.807) is 6.20 Å². The van der Waals surface area contributed by atoms with Gasteiger partial charge in [-0.2, -0.15) is 0 Å². The molecule has 10 heavy (non-hydrogen) atoms. The van der Waals surface area contributed by atoms with Gasteiger partial charge in [-0.15, -0.1) is 23.7 Å². The maximum Gasteiger partial charge on any atom is 0.122 e. The van der Waals surface area contributed by atoms with E-state index in [4.69, 9.17) is 6.42 Å². The minimum Gasteiger partial charge on any atom is -0.385 e. The van der Waals surface area contributed by atoms with Gasteiger partial charge >= 0.3 is 0 Å². The van der Waals surface area contributed by atoms with Gasteiger partial charge in [0, 0.05) is 18.0 Å². The second kappa shape index (κ2) is 3.35. The summed E-state index contributed by atoms with van der Waals surface area (Å²) in [5, 5.41) is 11.7. The zero-order valence-electron chi connectivity index (χ0n) is 5.32. The van der Waals surface area contributed by atoms with Crippen LogP contribution in [0.3, 0.4) is 0 Å². The van der Waals surface area contributed by atoms with Crippen LogP contribution in [-0.4, -0.2) is 10.1 Å². The molecule has 2 nitrogen and oxygen atoms in total. The van der Waals surface area contributed by atoms with Crippen molar-refractivity contribution >= 4 is 11.3 Å². The average molecular weight is 153 g/mol. The van der Waals surface area contributed by atoms with Crippen LogP contribution in [0, 0.1) is 12.3 Å². The van der Waals surface area contributed by atoms with E-state index in [0.717, 1.165) is 0 Å². The van der Waals surface area contributed by atoms with Gasteiger partial charge in [0.15, 0.2) is 0 Å². The molecular weight excluding hydrogens is 146 g/mol. The molecule has 0 saturated heterocycles. The molecule has 0 bridgehead atoms. The Kier molecular flexibility index (Phi) is 2.43. The fourth-order valence-electron chi connectivity index (χ4n) is 0.598. The van der Waals surface area contributed by atoms with Gasteiger partial charge in [0.05, 0.1) is 0 Å². The number of aliphatic hydroxyl groups excluding tert-OH is 1. The molecule has 1 aromatic heterocycles. The molecular formula is C7H7NOS. The van der Waals surface area contributed by atoms with Crippen molar-refractivity contribution in [3.63, 3.8) is 0 Å². The first-order valence-corrected chi connectivity index (χ1v) is 3.73. The third-order valence-corrected chi connectivity index (χ3v) is 1.92. The van der Waals surface area contributed by atoms with Gasteiger partial charge in [-0.05, 0) is 0 Å². The van der Waals surface area contributed by atoms with Gasteiger partial charge in [-0.25, -0.2) is 4.98 Å². The molecule has 0 saturated carbocycles. The van der Waals surface area contributed by atoms with Crippen LogP contribution >= 0.6 is 11.3 Å². The van der Waals surface area contributed by atoms with Gasteiger partial charge in [0.25, 0.3) is 0 Å². The van der Waals surface area contributed by atoms with Gasteiger partial charge in [0.2, 0.25) is 0 Å². The average Bonchev–Trinajstić information content (AvgIpc) is 2.38. The number of rotatable bonds is 2. The molecule has 1 heterocycles. The molecule has 0 aromatic carbocycles. The van der Waals surface area contributed by atoms with E-state index in [1.807, 2.05) is 5.38 Å². The normalized spacial score (nSPS) is 12.4. The highest BCUT2D eigenvalue weighted by Gasteiger charge is 2.06. The summed E-state index contributed by atoms with van der Waals surface area (Å²) in [7, 11) is 0. The maximum absolute atomic E-state index is 9.21. The van der Waals surface area contributed by atoms with E-state index in [9.17, 15) is 5.11 Å². The first kappa shape index (κ1) is 7.26. The lowest BCUT2D eigenvalue weighted by Gasteiger charge is -1.99. The van der Waals surface area contributed by atoms with Crippen LogP contribution in [-0.2, 0) is 0 Å². The summed E-state index contributed by atoms with van der Waals surface area (Å²) >= 11 is 1.41. The molecule has 1 aromatic rings. The predicted molar refractivity (Wildman–Crippen MR) is 40.5 cm³/mol. The summed E-state index contributed by atoms with van der Waals surface area (Å²) in [6.45, 7) is 0. The lowest BCUT2D eigenvalue weighted by atomic mass is 10.3. The second-order valence-corrected chi connectivity index (χ2v) is 2.72. The molecule has 1 atom stereocenters. The highest BCUT2D eigenvalue weighted by atomic mass is 32.1. The molecule has 3 heteroatoms. The zero-order chi connectivity index (χ0) is 7.40. The van der Waals surface area contributed by atoms with Crippen molar-refractivity contribution < 1.29 is 5.11 Å². The Morgan fingerprint density at radius 3 is 3.20 bits per heavy atom. The van der Waals surface area contributed by atoms with E-state index in [2.05, 4.69) is 10.9 Å². The highest BCUT2D eigenvalue weighted by molar-refractivity contribution is 7.09. The van der Waals surface area contributed by atoms with Gasteiger partial charge in [0.1, 0.15) is 11.1 Å². The van der Waals surface area contributed by atoms with E-state index in [1.165, 1.54) is 11.3 Å². The predicted octanol–water partition coefficient (Wildman–Crippen LogP) is 1.20. The molecule has 1 unspecified atom stereocenters. The molecule has 0 amide bonds. The van der Waals surface area contributed by atoms with Gasteiger partial charge < -0.3 is 5.11 Å². The number of aromatic nitrogens is 1. The minimum absolute atomic E-state index is 0.341. The summed E-state index contributed by atoms with van der Waals surface area (Å²) in [4.78, 5) is 3.91. The van der Waals surface area contributed by atoms with E-state index in [-0.39, 0.29) is 0 Å².